The van der Waals surface area contributed by atoms with Crippen molar-refractivity contribution in [2.45, 2.75) is 33.2 Å². The Bertz CT molecular complexity index is 1260. The van der Waals surface area contributed by atoms with Crippen LogP contribution < -0.4 is 16.2 Å². The Morgan fingerprint density at radius 2 is 1.70 bits per heavy atom. The Balaban J connectivity index is 1.96. The summed E-state index contributed by atoms with van der Waals surface area (Å²) < 4.78 is 1.21. The SMILES string of the molecule is Cc1ccc(C(CC(=O)O)NC(=O)Nc2c(O)ccn(C)c2=O)cc1-c1c(C)cccc1C. The number of benzene rings is 2. The number of carbonyl (C=O) groups excluding carboxylic acids is 1. The van der Waals surface area contributed by atoms with E-state index in [0.717, 1.165) is 27.8 Å². The molecule has 4 N–H and O–H groups in total. The van der Waals surface area contributed by atoms with Crippen LogP contribution in [0.15, 0.2) is 53.5 Å². The van der Waals surface area contributed by atoms with Gasteiger partial charge in [0.2, 0.25) is 0 Å². The highest BCUT2D eigenvalue weighted by molar-refractivity contribution is 5.91. The number of amides is 2. The summed E-state index contributed by atoms with van der Waals surface area (Å²) in [5, 5.41) is 24.4. The standard InChI is InChI=1S/C25H27N3O5/c1-14-8-9-17(12-18(14)22-15(2)6-5-7-16(22)3)19(13-21(30)31)26-25(33)27-23-20(29)10-11-28(4)24(23)32/h5-12,19,29H,13H2,1-4H3,(H,30,31)(H2,26,27,33). The Hall–Kier alpha value is -4.07. The minimum absolute atomic E-state index is 0.285. The van der Waals surface area contributed by atoms with Crippen molar-refractivity contribution < 1.29 is 19.8 Å². The normalized spacial score (nSPS) is 11.6. The summed E-state index contributed by atoms with van der Waals surface area (Å²) in [4.78, 5) is 36.4. The fraction of sp³-hybridized carbons (Fsp3) is 0.240. The van der Waals surface area contributed by atoms with Crippen LogP contribution in [0.1, 0.15) is 34.7 Å². The zero-order valence-corrected chi connectivity index (χ0v) is 19.0. The van der Waals surface area contributed by atoms with Gasteiger partial charge in [-0.15, -0.1) is 0 Å². The molecule has 0 aliphatic carbocycles. The second-order valence-electron chi connectivity index (χ2n) is 8.08. The van der Waals surface area contributed by atoms with Crippen molar-refractivity contribution in [1.82, 2.24) is 9.88 Å². The fourth-order valence-electron chi connectivity index (χ4n) is 3.84. The molecule has 0 fully saturated rings. The molecular formula is C25H27N3O5. The summed E-state index contributed by atoms with van der Waals surface area (Å²) in [5.41, 5.74) is 4.95. The van der Waals surface area contributed by atoms with E-state index >= 15 is 0 Å². The molecule has 0 aliphatic heterocycles. The van der Waals surface area contributed by atoms with Gasteiger partial charge in [0.05, 0.1) is 12.5 Å². The molecule has 3 aromatic rings. The van der Waals surface area contributed by atoms with Gasteiger partial charge < -0.3 is 25.4 Å². The van der Waals surface area contributed by atoms with E-state index in [2.05, 4.69) is 10.6 Å². The lowest BCUT2D eigenvalue weighted by Gasteiger charge is -2.21. The number of aliphatic carboxylic acids is 1. The average Bonchev–Trinajstić information content (AvgIpc) is 2.74. The number of rotatable bonds is 6. The Labute approximate surface area is 191 Å². The molecule has 0 radical (unpaired) electrons. The Kier molecular flexibility index (Phi) is 6.86. The van der Waals surface area contributed by atoms with Crippen molar-refractivity contribution >= 4 is 17.7 Å². The van der Waals surface area contributed by atoms with E-state index in [9.17, 15) is 24.6 Å². The molecular weight excluding hydrogens is 422 g/mol. The van der Waals surface area contributed by atoms with Crippen molar-refractivity contribution in [3.05, 3.63) is 81.3 Å². The van der Waals surface area contributed by atoms with E-state index < -0.39 is 23.6 Å². The zero-order valence-electron chi connectivity index (χ0n) is 19.0. The van der Waals surface area contributed by atoms with E-state index in [-0.39, 0.29) is 17.9 Å². The first-order valence-corrected chi connectivity index (χ1v) is 10.4. The van der Waals surface area contributed by atoms with Gasteiger partial charge in [0.15, 0.2) is 5.69 Å². The third-order valence-corrected chi connectivity index (χ3v) is 5.58. The highest BCUT2D eigenvalue weighted by Crippen LogP contribution is 2.32. The van der Waals surface area contributed by atoms with Crippen LogP contribution in [0.25, 0.3) is 11.1 Å². The van der Waals surface area contributed by atoms with Crippen molar-refractivity contribution in [2.24, 2.45) is 7.05 Å². The van der Waals surface area contributed by atoms with Gasteiger partial charge in [-0.2, -0.15) is 0 Å². The predicted octanol–water partition coefficient (Wildman–Crippen LogP) is 4.02. The fourth-order valence-corrected chi connectivity index (χ4v) is 3.84. The molecule has 8 nitrogen and oxygen atoms in total. The van der Waals surface area contributed by atoms with Gasteiger partial charge in [-0.05, 0) is 66.3 Å². The number of nitrogens with zero attached hydrogens (tertiary/aromatic N) is 1. The number of aromatic hydroxyl groups is 1. The number of pyridine rings is 1. The van der Waals surface area contributed by atoms with Gasteiger partial charge in [0.1, 0.15) is 5.75 Å². The molecule has 0 spiro atoms. The summed E-state index contributed by atoms with van der Waals surface area (Å²) in [5.74, 6) is -1.47. The smallest absolute Gasteiger partial charge is 0.319 e. The molecule has 2 amide bonds. The second kappa shape index (κ2) is 9.60. The van der Waals surface area contributed by atoms with Gasteiger partial charge in [-0.1, -0.05) is 30.3 Å². The topological polar surface area (TPSA) is 121 Å². The monoisotopic (exact) mass is 449 g/mol. The third kappa shape index (κ3) is 5.23. The molecule has 33 heavy (non-hydrogen) atoms. The molecule has 0 saturated carbocycles. The van der Waals surface area contributed by atoms with Crippen molar-refractivity contribution in [2.75, 3.05) is 5.32 Å². The Morgan fingerprint density at radius 3 is 2.33 bits per heavy atom. The Morgan fingerprint density at radius 1 is 1.03 bits per heavy atom. The minimum Gasteiger partial charge on any atom is -0.505 e. The zero-order chi connectivity index (χ0) is 24.3. The summed E-state index contributed by atoms with van der Waals surface area (Å²) in [7, 11) is 1.49. The van der Waals surface area contributed by atoms with Gasteiger partial charge in [0.25, 0.3) is 5.56 Å². The number of anilines is 1. The highest BCUT2D eigenvalue weighted by atomic mass is 16.4. The van der Waals surface area contributed by atoms with Crippen LogP contribution in [0.2, 0.25) is 0 Å². The first-order valence-electron chi connectivity index (χ1n) is 10.4. The van der Waals surface area contributed by atoms with Crippen LogP contribution in [-0.4, -0.2) is 26.8 Å². The molecule has 1 heterocycles. The summed E-state index contributed by atoms with van der Waals surface area (Å²) in [6, 6.07) is 11.2. The second-order valence-corrected chi connectivity index (χ2v) is 8.08. The lowest BCUT2D eigenvalue weighted by atomic mass is 9.90. The number of aromatic nitrogens is 1. The highest BCUT2D eigenvalue weighted by Gasteiger charge is 2.21. The predicted molar refractivity (Wildman–Crippen MR) is 127 cm³/mol. The van der Waals surface area contributed by atoms with Gasteiger partial charge in [0, 0.05) is 13.2 Å². The number of carboxylic acid groups (broad SMARTS) is 1. The van der Waals surface area contributed by atoms with E-state index in [1.54, 1.807) is 6.07 Å². The average molecular weight is 450 g/mol. The molecule has 1 aromatic heterocycles. The van der Waals surface area contributed by atoms with Gasteiger partial charge in [-0.3, -0.25) is 9.59 Å². The lowest BCUT2D eigenvalue weighted by Crippen LogP contribution is -2.36. The minimum atomic E-state index is -1.09. The van der Waals surface area contributed by atoms with E-state index in [0.29, 0.717) is 5.56 Å². The number of hydrogen-bond acceptors (Lipinski definition) is 4. The number of hydrogen-bond donors (Lipinski definition) is 4. The van der Waals surface area contributed by atoms with Crippen LogP contribution in [0, 0.1) is 20.8 Å². The summed E-state index contributed by atoms with van der Waals surface area (Å²) >= 11 is 0. The van der Waals surface area contributed by atoms with Crippen molar-refractivity contribution in [3.63, 3.8) is 0 Å². The number of urea groups is 1. The van der Waals surface area contributed by atoms with Crippen molar-refractivity contribution in [3.8, 4) is 16.9 Å². The van der Waals surface area contributed by atoms with Gasteiger partial charge >= 0.3 is 12.0 Å². The van der Waals surface area contributed by atoms with Crippen LogP contribution in [0.4, 0.5) is 10.5 Å². The maximum atomic E-state index is 12.6. The molecule has 172 valence electrons. The van der Waals surface area contributed by atoms with Crippen molar-refractivity contribution in [1.29, 1.82) is 0 Å². The number of nitrogens with one attached hydrogen (secondary N) is 2. The lowest BCUT2D eigenvalue weighted by molar-refractivity contribution is -0.137. The molecule has 1 unspecified atom stereocenters. The van der Waals surface area contributed by atoms with Crippen LogP contribution >= 0.6 is 0 Å². The van der Waals surface area contributed by atoms with Crippen LogP contribution in [0.5, 0.6) is 5.75 Å². The number of carboxylic acids is 1. The molecule has 8 heteroatoms. The maximum Gasteiger partial charge on any atom is 0.319 e. The van der Waals surface area contributed by atoms with E-state index in [4.69, 9.17) is 0 Å². The molecule has 3 rings (SSSR count). The van der Waals surface area contributed by atoms with E-state index in [1.165, 1.54) is 23.9 Å². The molecule has 0 aliphatic rings. The van der Waals surface area contributed by atoms with Crippen LogP contribution in [0.3, 0.4) is 0 Å². The summed E-state index contributed by atoms with van der Waals surface area (Å²) in [6.45, 7) is 6.01. The quantitative estimate of drug-likeness (QED) is 0.453. The largest absolute Gasteiger partial charge is 0.505 e. The first-order chi connectivity index (χ1) is 15.6. The van der Waals surface area contributed by atoms with Gasteiger partial charge in [-0.25, -0.2) is 4.79 Å². The molecule has 1 atom stereocenters. The number of aryl methyl sites for hydroxylation is 4. The molecule has 2 aromatic carbocycles. The van der Waals surface area contributed by atoms with E-state index in [1.807, 2.05) is 51.1 Å². The maximum absolute atomic E-state index is 12.6. The first kappa shape index (κ1) is 23.6. The molecule has 0 saturated heterocycles. The van der Waals surface area contributed by atoms with Crippen LogP contribution in [-0.2, 0) is 11.8 Å². The summed E-state index contributed by atoms with van der Waals surface area (Å²) in [6.07, 6.45) is 1.01. The molecule has 0 bridgehead atoms. The number of carbonyl (C=O) groups is 2. The third-order valence-electron chi connectivity index (χ3n) is 5.58.